The summed E-state index contributed by atoms with van der Waals surface area (Å²) in [6.45, 7) is 5.82. The largest absolute Gasteiger partial charge is 0 e. The average Bonchev–Trinajstić information content (AvgIpc) is 3.43. The fourth-order valence-electron chi connectivity index (χ4n) is 4.10. The minimum atomic E-state index is -2.25. The topological polar surface area (TPSA) is 44.7 Å². The molecule has 0 amide bonds. The Labute approximate surface area is 249 Å². The van der Waals surface area contributed by atoms with Crippen molar-refractivity contribution in [1.82, 2.24) is 14.9 Å². The first-order chi connectivity index (χ1) is 19.1. The van der Waals surface area contributed by atoms with Crippen LogP contribution in [0.2, 0.25) is 0 Å². The summed E-state index contributed by atoms with van der Waals surface area (Å²) in [4.78, 5) is 14.4. The average molecular weight is 750 g/mol. The van der Waals surface area contributed by atoms with Crippen LogP contribution in [0.25, 0.3) is 0 Å². The molecule has 6 nitrogen and oxygen atoms in total. The molecule has 0 N–H and O–H groups in total. The number of benzene rings is 2. The quantitative estimate of drug-likeness (QED) is 0.192. The Morgan fingerprint density at radius 1 is 0.947 bits per heavy atom. The van der Waals surface area contributed by atoms with E-state index < -0.39 is 6.98 Å². The van der Waals surface area contributed by atoms with Gasteiger partial charge in [0.1, 0.15) is 0 Å². The first-order valence-corrected chi connectivity index (χ1v) is 13.5. The molecule has 4 aromatic rings. The van der Waals surface area contributed by atoms with E-state index in [0.717, 1.165) is 21.8 Å². The SMILES string of the molecule is [2H]C([2H])([2H])N1C=CN(c2[c-]c(Oc3[c-]c4c(cc3)[Se]c3cccnc3N4c3cc(C(C)(C)C)ccn3)ccc2)[CH-]1.[Pt]. The maximum atomic E-state index is 7.61. The Hall–Kier alpha value is -3.11. The summed E-state index contributed by atoms with van der Waals surface area (Å²) >= 11 is 0.0463. The summed E-state index contributed by atoms with van der Waals surface area (Å²) in [7, 11) is 0. The number of pyridine rings is 2. The molecule has 0 radical (unpaired) electrons. The molecule has 2 aliphatic rings. The van der Waals surface area contributed by atoms with Crippen molar-refractivity contribution in [3.8, 4) is 11.5 Å². The van der Waals surface area contributed by atoms with Gasteiger partial charge in [0, 0.05) is 25.2 Å². The maximum absolute atomic E-state index is 7.61. The number of rotatable bonds is 4. The third-order valence-corrected chi connectivity index (χ3v) is 8.28. The minimum Gasteiger partial charge on any atom is 0 e. The van der Waals surface area contributed by atoms with Crippen LogP contribution in [0.4, 0.5) is 23.0 Å². The fourth-order valence-corrected chi connectivity index (χ4v) is 6.19. The van der Waals surface area contributed by atoms with Gasteiger partial charge < -0.3 is 0 Å². The Balaban J connectivity index is 0.00000337. The van der Waals surface area contributed by atoms with Crippen LogP contribution in [-0.4, -0.2) is 36.8 Å². The number of nitrogens with zero attached hydrogens (tertiary/aromatic N) is 5. The molecule has 8 heteroatoms. The number of hydrogen-bond donors (Lipinski definition) is 0. The van der Waals surface area contributed by atoms with Gasteiger partial charge in [0.25, 0.3) is 0 Å². The van der Waals surface area contributed by atoms with Crippen LogP contribution < -0.4 is 23.5 Å². The first-order valence-electron chi connectivity index (χ1n) is 13.3. The second-order valence-corrected chi connectivity index (χ2v) is 12.0. The summed E-state index contributed by atoms with van der Waals surface area (Å²) in [6.07, 6.45) is 6.83. The Morgan fingerprint density at radius 2 is 1.82 bits per heavy atom. The van der Waals surface area contributed by atoms with E-state index in [1.165, 1.54) is 27.8 Å². The zero-order chi connectivity index (χ0) is 28.1. The molecule has 0 aliphatic carbocycles. The second kappa shape index (κ2) is 10.6. The van der Waals surface area contributed by atoms with Crippen molar-refractivity contribution >= 4 is 46.9 Å². The molecule has 0 saturated heterocycles. The number of ether oxygens (including phenoxy) is 1. The van der Waals surface area contributed by atoms with Crippen molar-refractivity contribution in [2.75, 3.05) is 16.8 Å². The minimum absolute atomic E-state index is 0. The molecule has 6 rings (SSSR count). The molecule has 0 atom stereocenters. The smallest absolute Gasteiger partial charge is 0 e. The zero-order valence-electron chi connectivity index (χ0n) is 24.0. The van der Waals surface area contributed by atoms with Crippen LogP contribution in [-0.2, 0) is 26.5 Å². The van der Waals surface area contributed by atoms with Gasteiger partial charge in [0.15, 0.2) is 0 Å². The molecule has 0 spiro atoms. The van der Waals surface area contributed by atoms with Gasteiger partial charge in [-0.3, -0.25) is 0 Å². The van der Waals surface area contributed by atoms with Crippen molar-refractivity contribution in [2.45, 2.75) is 26.2 Å². The summed E-state index contributed by atoms with van der Waals surface area (Å²) in [5.74, 6) is 2.65. The van der Waals surface area contributed by atoms with Gasteiger partial charge in [0.2, 0.25) is 0 Å². The van der Waals surface area contributed by atoms with E-state index in [4.69, 9.17) is 18.8 Å². The molecular formula is C30H26N5OPtSe-3. The van der Waals surface area contributed by atoms with Gasteiger partial charge >= 0.3 is 225 Å². The monoisotopic (exact) mass is 750 g/mol. The van der Waals surface area contributed by atoms with Gasteiger partial charge in [-0.15, -0.1) is 0 Å². The molecule has 0 fully saturated rings. The number of fused-ring (bicyclic) bond motifs is 2. The molecular weight excluding hydrogens is 720 g/mol. The van der Waals surface area contributed by atoms with E-state index >= 15 is 0 Å². The van der Waals surface area contributed by atoms with E-state index in [2.05, 4.69) is 56.0 Å². The van der Waals surface area contributed by atoms with Crippen molar-refractivity contribution < 1.29 is 29.9 Å². The van der Waals surface area contributed by atoms with Crippen LogP contribution in [0.5, 0.6) is 11.5 Å². The number of hydrogen-bond acceptors (Lipinski definition) is 6. The first kappa shape index (κ1) is 22.8. The predicted molar refractivity (Wildman–Crippen MR) is 148 cm³/mol. The molecule has 0 unspecified atom stereocenters. The van der Waals surface area contributed by atoms with Crippen molar-refractivity contribution in [2.24, 2.45) is 0 Å². The molecule has 2 aromatic heterocycles. The fraction of sp³-hybridized carbons (Fsp3) is 0.167. The van der Waals surface area contributed by atoms with Crippen LogP contribution in [0.3, 0.4) is 0 Å². The second-order valence-electron chi connectivity index (χ2n) is 9.68. The van der Waals surface area contributed by atoms with Crippen LogP contribution in [0, 0.1) is 18.8 Å². The molecule has 4 heterocycles. The summed E-state index contributed by atoms with van der Waals surface area (Å²) in [5, 5.41) is 0. The van der Waals surface area contributed by atoms with Crippen LogP contribution >= 0.6 is 0 Å². The van der Waals surface area contributed by atoms with E-state index in [0.29, 0.717) is 17.2 Å². The molecule has 2 aliphatic heterocycles. The van der Waals surface area contributed by atoms with E-state index in [1.807, 2.05) is 42.6 Å². The third kappa shape index (κ3) is 5.24. The summed E-state index contributed by atoms with van der Waals surface area (Å²) < 4.78 is 31.4. The Morgan fingerprint density at radius 3 is 2.63 bits per heavy atom. The molecule has 196 valence electrons. The Bertz CT molecular complexity index is 1610. The van der Waals surface area contributed by atoms with Gasteiger partial charge in [-0.25, -0.2) is 0 Å². The summed E-state index contributed by atoms with van der Waals surface area (Å²) in [6, 6.07) is 24.4. The standard InChI is InChI=1S/C30H26N5OSe.Pt/c1-30(2,3)21-12-14-31-28(17-21)35-25-19-24(10-11-26(25)37-27-9-6-13-32-29(27)35)36-23-8-5-7-22(18-23)34-16-15-33(4)20-34;/h5-17,20H,1-4H3;/q-3;/i4D3;. The molecule has 0 saturated carbocycles. The predicted octanol–water partition coefficient (Wildman–Crippen LogP) is 4.94. The van der Waals surface area contributed by atoms with Crippen LogP contribution in [0.1, 0.15) is 30.4 Å². The van der Waals surface area contributed by atoms with Gasteiger partial charge in [-0.05, 0) is 0 Å². The maximum Gasteiger partial charge on any atom is 0 e. The van der Waals surface area contributed by atoms with Gasteiger partial charge in [0.05, 0.1) is 0 Å². The van der Waals surface area contributed by atoms with E-state index in [1.54, 1.807) is 17.3 Å². The van der Waals surface area contributed by atoms with Crippen LogP contribution in [0.15, 0.2) is 79.4 Å². The van der Waals surface area contributed by atoms with Crippen molar-refractivity contribution in [3.05, 3.63) is 104 Å². The van der Waals surface area contributed by atoms with Crippen molar-refractivity contribution in [3.63, 3.8) is 0 Å². The van der Waals surface area contributed by atoms with E-state index in [9.17, 15) is 0 Å². The third-order valence-electron chi connectivity index (χ3n) is 6.00. The molecule has 2 aromatic carbocycles. The molecule has 0 bridgehead atoms. The van der Waals surface area contributed by atoms with Gasteiger partial charge in [-0.2, -0.15) is 0 Å². The number of anilines is 4. The van der Waals surface area contributed by atoms with E-state index in [-0.39, 0.29) is 41.4 Å². The molecule has 38 heavy (non-hydrogen) atoms. The van der Waals surface area contributed by atoms with Crippen molar-refractivity contribution in [1.29, 1.82) is 0 Å². The normalized spacial score (nSPS) is 15.7. The zero-order valence-corrected chi connectivity index (χ0v) is 24.9. The Kier molecular flexibility index (Phi) is 6.35. The summed E-state index contributed by atoms with van der Waals surface area (Å²) in [5.41, 5.74) is 2.66. The van der Waals surface area contributed by atoms with Gasteiger partial charge in [-0.1, -0.05) is 0 Å². The number of aromatic nitrogens is 2.